The summed E-state index contributed by atoms with van der Waals surface area (Å²) in [4.78, 5) is 12.7. The summed E-state index contributed by atoms with van der Waals surface area (Å²) in [7, 11) is 0. The lowest BCUT2D eigenvalue weighted by Crippen LogP contribution is -2.04. The highest BCUT2D eigenvalue weighted by molar-refractivity contribution is 7.99. The Balaban J connectivity index is 2.33. The highest BCUT2D eigenvalue weighted by Gasteiger charge is 2.12. The van der Waals surface area contributed by atoms with Crippen LogP contribution in [0.5, 0.6) is 0 Å². The van der Waals surface area contributed by atoms with E-state index in [-0.39, 0.29) is 11.7 Å². The monoisotopic (exact) mass is 226 g/mol. The van der Waals surface area contributed by atoms with Gasteiger partial charge >= 0.3 is 0 Å². The molecule has 0 spiro atoms. The van der Waals surface area contributed by atoms with Gasteiger partial charge in [0.15, 0.2) is 5.78 Å². The van der Waals surface area contributed by atoms with E-state index >= 15 is 0 Å². The number of rotatable bonds is 2. The van der Waals surface area contributed by atoms with Crippen LogP contribution in [0.25, 0.3) is 0 Å². The summed E-state index contributed by atoms with van der Waals surface area (Å²) >= 11 is 7.39. The van der Waals surface area contributed by atoms with E-state index in [1.54, 1.807) is 0 Å². The summed E-state index contributed by atoms with van der Waals surface area (Å²) < 4.78 is 0. The van der Waals surface area contributed by atoms with Crippen LogP contribution in [0.2, 0.25) is 0 Å². The predicted molar refractivity (Wildman–Crippen MR) is 60.5 cm³/mol. The molecular weight excluding hydrogens is 216 g/mol. The molecule has 1 nitrogen and oxygen atoms in total. The minimum absolute atomic E-state index is 0.0186. The molecule has 1 heterocycles. The van der Waals surface area contributed by atoms with E-state index in [4.69, 9.17) is 11.6 Å². The van der Waals surface area contributed by atoms with Gasteiger partial charge in [-0.3, -0.25) is 4.79 Å². The van der Waals surface area contributed by atoms with Crippen molar-refractivity contribution in [3.63, 3.8) is 0 Å². The van der Waals surface area contributed by atoms with Gasteiger partial charge in [0.25, 0.3) is 0 Å². The maximum absolute atomic E-state index is 11.4. The van der Waals surface area contributed by atoms with E-state index in [0.717, 1.165) is 12.0 Å². The number of benzene rings is 1. The van der Waals surface area contributed by atoms with Crippen LogP contribution in [-0.4, -0.2) is 17.4 Å². The summed E-state index contributed by atoms with van der Waals surface area (Å²) in [6.45, 7) is 0. The van der Waals surface area contributed by atoms with E-state index in [1.165, 1.54) is 22.6 Å². The lowest BCUT2D eigenvalue weighted by molar-refractivity contribution is 0.102. The SMILES string of the molecule is O=C(CCl)c1ccc2c(c1)CCCS2. The molecule has 0 radical (unpaired) electrons. The number of thioether (sulfide) groups is 1. The van der Waals surface area contributed by atoms with Crippen LogP contribution in [0.15, 0.2) is 23.1 Å². The number of ketones is 1. The topological polar surface area (TPSA) is 17.1 Å². The minimum Gasteiger partial charge on any atom is -0.293 e. The molecule has 0 bridgehead atoms. The Morgan fingerprint density at radius 1 is 1.50 bits per heavy atom. The fourth-order valence-electron chi connectivity index (χ4n) is 1.61. The third kappa shape index (κ3) is 1.96. The summed E-state index contributed by atoms with van der Waals surface area (Å²) in [5.74, 6) is 1.28. The zero-order chi connectivity index (χ0) is 9.97. The zero-order valence-corrected chi connectivity index (χ0v) is 9.33. The van der Waals surface area contributed by atoms with E-state index in [2.05, 4.69) is 0 Å². The highest BCUT2D eigenvalue weighted by atomic mass is 35.5. The van der Waals surface area contributed by atoms with Crippen molar-refractivity contribution < 1.29 is 4.79 Å². The first-order valence-corrected chi connectivity index (χ1v) is 6.18. The second kappa shape index (κ2) is 4.37. The average Bonchev–Trinajstić information content (AvgIpc) is 2.27. The molecule has 0 saturated carbocycles. The van der Waals surface area contributed by atoms with Gasteiger partial charge in [-0.25, -0.2) is 0 Å². The molecule has 74 valence electrons. The Hall–Kier alpha value is -0.470. The molecule has 1 aromatic carbocycles. The smallest absolute Gasteiger partial charge is 0.177 e. The van der Waals surface area contributed by atoms with Crippen molar-refractivity contribution in [2.24, 2.45) is 0 Å². The molecular formula is C11H11ClOS. The van der Waals surface area contributed by atoms with Gasteiger partial charge in [0.2, 0.25) is 0 Å². The maximum Gasteiger partial charge on any atom is 0.177 e. The van der Waals surface area contributed by atoms with Crippen molar-refractivity contribution in [2.75, 3.05) is 11.6 Å². The molecule has 0 saturated heterocycles. The molecule has 3 heteroatoms. The standard InChI is InChI=1S/C11H11ClOS/c12-7-10(13)8-3-4-11-9(6-8)2-1-5-14-11/h3-4,6H,1-2,5,7H2. The van der Waals surface area contributed by atoms with E-state index in [9.17, 15) is 4.79 Å². The van der Waals surface area contributed by atoms with Gasteiger partial charge in [-0.2, -0.15) is 0 Å². The van der Waals surface area contributed by atoms with Crippen LogP contribution >= 0.6 is 23.4 Å². The van der Waals surface area contributed by atoms with Crippen molar-refractivity contribution in [1.29, 1.82) is 0 Å². The molecule has 0 aromatic heterocycles. The van der Waals surface area contributed by atoms with Crippen LogP contribution < -0.4 is 0 Å². The molecule has 1 aliphatic heterocycles. The van der Waals surface area contributed by atoms with Crippen LogP contribution in [0.1, 0.15) is 22.3 Å². The largest absolute Gasteiger partial charge is 0.293 e. The summed E-state index contributed by atoms with van der Waals surface area (Å²) in [5, 5.41) is 0. The fourth-order valence-corrected chi connectivity index (χ4v) is 2.78. The third-order valence-corrected chi connectivity index (χ3v) is 3.80. The summed E-state index contributed by atoms with van der Waals surface area (Å²) in [6, 6.07) is 5.91. The summed E-state index contributed by atoms with van der Waals surface area (Å²) in [6.07, 6.45) is 2.29. The first-order chi connectivity index (χ1) is 6.81. The average molecular weight is 227 g/mol. The van der Waals surface area contributed by atoms with Gasteiger partial charge in [0.05, 0.1) is 5.88 Å². The fraction of sp³-hybridized carbons (Fsp3) is 0.364. The lowest BCUT2D eigenvalue weighted by Gasteiger charge is -2.15. The Morgan fingerprint density at radius 2 is 2.36 bits per heavy atom. The number of carbonyl (C=O) groups excluding carboxylic acids is 1. The molecule has 0 fully saturated rings. The van der Waals surface area contributed by atoms with Gasteiger partial charge in [0.1, 0.15) is 0 Å². The highest BCUT2D eigenvalue weighted by Crippen LogP contribution is 2.30. The summed E-state index contributed by atoms with van der Waals surface area (Å²) in [5.41, 5.74) is 2.05. The molecule has 0 N–H and O–H groups in total. The van der Waals surface area contributed by atoms with Crippen molar-refractivity contribution in [2.45, 2.75) is 17.7 Å². The van der Waals surface area contributed by atoms with Crippen LogP contribution in [-0.2, 0) is 6.42 Å². The van der Waals surface area contributed by atoms with Crippen LogP contribution in [0, 0.1) is 0 Å². The molecule has 2 rings (SSSR count). The quantitative estimate of drug-likeness (QED) is 0.569. The molecule has 0 unspecified atom stereocenters. The van der Waals surface area contributed by atoms with Gasteiger partial charge in [-0.05, 0) is 36.3 Å². The van der Waals surface area contributed by atoms with Crippen molar-refractivity contribution in [1.82, 2.24) is 0 Å². The van der Waals surface area contributed by atoms with E-state index < -0.39 is 0 Å². The first kappa shape index (κ1) is 10.1. The van der Waals surface area contributed by atoms with Gasteiger partial charge < -0.3 is 0 Å². The molecule has 0 atom stereocenters. The van der Waals surface area contributed by atoms with Crippen LogP contribution in [0.4, 0.5) is 0 Å². The Morgan fingerprint density at radius 3 is 3.14 bits per heavy atom. The zero-order valence-electron chi connectivity index (χ0n) is 7.75. The Bertz CT molecular complexity index is 362. The number of alkyl halides is 1. The molecule has 1 aromatic rings. The number of fused-ring (bicyclic) bond motifs is 1. The van der Waals surface area contributed by atoms with Gasteiger partial charge in [-0.1, -0.05) is 6.07 Å². The van der Waals surface area contributed by atoms with Crippen molar-refractivity contribution in [3.05, 3.63) is 29.3 Å². The lowest BCUT2D eigenvalue weighted by atomic mass is 10.0. The number of Topliss-reactive ketones (excluding diaryl/α,β-unsaturated/α-hetero) is 1. The Labute approximate surface area is 92.8 Å². The number of hydrogen-bond acceptors (Lipinski definition) is 2. The van der Waals surface area contributed by atoms with Gasteiger partial charge in [-0.15, -0.1) is 23.4 Å². The maximum atomic E-state index is 11.4. The number of hydrogen-bond donors (Lipinski definition) is 0. The van der Waals surface area contributed by atoms with Crippen molar-refractivity contribution in [3.8, 4) is 0 Å². The second-order valence-corrected chi connectivity index (χ2v) is 4.74. The van der Waals surface area contributed by atoms with Crippen molar-refractivity contribution >= 4 is 29.1 Å². The molecule has 14 heavy (non-hydrogen) atoms. The first-order valence-electron chi connectivity index (χ1n) is 4.66. The predicted octanol–water partition coefficient (Wildman–Crippen LogP) is 3.15. The molecule has 0 amide bonds. The van der Waals surface area contributed by atoms with E-state index in [0.29, 0.717) is 0 Å². The Kier molecular flexibility index (Phi) is 3.14. The second-order valence-electron chi connectivity index (χ2n) is 3.33. The normalized spacial score (nSPS) is 14.9. The minimum atomic E-state index is 0.0186. The number of aryl methyl sites for hydroxylation is 1. The van der Waals surface area contributed by atoms with Crippen LogP contribution in [0.3, 0.4) is 0 Å². The molecule has 1 aliphatic rings. The van der Waals surface area contributed by atoms with E-state index in [1.807, 2.05) is 30.0 Å². The van der Waals surface area contributed by atoms with Gasteiger partial charge in [0, 0.05) is 10.5 Å². The number of halogens is 1. The molecule has 0 aliphatic carbocycles. The third-order valence-electron chi connectivity index (χ3n) is 2.35. The number of carbonyl (C=O) groups is 1.